The van der Waals surface area contributed by atoms with Crippen LogP contribution < -0.4 is 10.2 Å². The van der Waals surface area contributed by atoms with Gasteiger partial charge in [-0.05, 0) is 11.1 Å². The Morgan fingerprint density at radius 3 is 2.93 bits per heavy atom. The van der Waals surface area contributed by atoms with Crippen LogP contribution in [0.4, 0.5) is 5.95 Å². The molecule has 82 valence electrons. The molecule has 0 bridgehead atoms. The minimum Gasteiger partial charge on any atom is -0.344 e. The molecule has 2 heterocycles. The molecular weight excluding hydrogens is 192 g/mol. The van der Waals surface area contributed by atoms with Gasteiger partial charge in [-0.1, -0.05) is 13.0 Å². The lowest BCUT2D eigenvalue weighted by Gasteiger charge is -2.16. The summed E-state index contributed by atoms with van der Waals surface area (Å²) in [6.07, 6.45) is 2.18. The number of aromatic nitrogens is 2. The van der Waals surface area contributed by atoms with Gasteiger partial charge in [-0.15, -0.1) is 0 Å². The first-order valence-electron chi connectivity index (χ1n) is 5.09. The summed E-state index contributed by atoms with van der Waals surface area (Å²) >= 11 is 0. The maximum absolute atomic E-state index is 5.20. The summed E-state index contributed by atoms with van der Waals surface area (Å²) in [5.41, 5.74) is 1.09. The van der Waals surface area contributed by atoms with Gasteiger partial charge in [0.25, 0.3) is 11.8 Å². The van der Waals surface area contributed by atoms with Gasteiger partial charge in [-0.2, -0.15) is 4.98 Å². The molecule has 0 saturated heterocycles. The maximum Gasteiger partial charge on any atom is 0.265 e. The number of hydrogen-bond donors (Lipinski definition) is 1. The van der Waals surface area contributed by atoms with E-state index in [1.165, 1.54) is 0 Å². The third-order valence-electron chi connectivity index (χ3n) is 2.36. The van der Waals surface area contributed by atoms with E-state index >= 15 is 0 Å². The Kier molecular flexibility index (Phi) is 2.73. The van der Waals surface area contributed by atoms with Crippen molar-refractivity contribution < 1.29 is 4.52 Å². The lowest BCUT2D eigenvalue weighted by atomic mass is 10.0. The summed E-state index contributed by atoms with van der Waals surface area (Å²) in [6.45, 7) is 3.98. The molecular formula is C10H16N4O. The number of anilines is 1. The molecule has 5 heteroatoms. The quantitative estimate of drug-likeness (QED) is 0.777. The molecule has 1 aromatic heterocycles. The smallest absolute Gasteiger partial charge is 0.265 e. The van der Waals surface area contributed by atoms with Gasteiger partial charge in [0.2, 0.25) is 0 Å². The third-order valence-corrected chi connectivity index (χ3v) is 2.36. The lowest BCUT2D eigenvalue weighted by molar-refractivity contribution is 0.403. The minimum atomic E-state index is 0.517. The largest absolute Gasteiger partial charge is 0.344 e. The standard InChI is InChI=1S/C10H16N4O/c1-7-4-8(6-11-5-7)9-12-10(13-15-9)14(2)3/h4,7,11H,5-6H2,1-3H3. The van der Waals surface area contributed by atoms with Crippen LogP contribution in [0.5, 0.6) is 0 Å². The van der Waals surface area contributed by atoms with E-state index in [4.69, 9.17) is 4.52 Å². The van der Waals surface area contributed by atoms with E-state index in [0.29, 0.717) is 17.8 Å². The molecule has 1 aromatic rings. The van der Waals surface area contributed by atoms with Crippen molar-refractivity contribution in [3.05, 3.63) is 12.0 Å². The molecule has 1 unspecified atom stereocenters. The zero-order valence-electron chi connectivity index (χ0n) is 9.32. The van der Waals surface area contributed by atoms with Crippen LogP contribution in [0.1, 0.15) is 12.8 Å². The third kappa shape index (κ3) is 2.18. The van der Waals surface area contributed by atoms with Crippen molar-refractivity contribution in [1.29, 1.82) is 0 Å². The van der Waals surface area contributed by atoms with Crippen molar-refractivity contribution in [2.24, 2.45) is 5.92 Å². The van der Waals surface area contributed by atoms with Crippen LogP contribution in [0.3, 0.4) is 0 Å². The lowest BCUT2D eigenvalue weighted by Crippen LogP contribution is -2.27. The highest BCUT2D eigenvalue weighted by Crippen LogP contribution is 2.19. The van der Waals surface area contributed by atoms with E-state index in [9.17, 15) is 0 Å². The second-order valence-corrected chi connectivity index (χ2v) is 4.09. The Labute approximate surface area is 89.2 Å². The summed E-state index contributed by atoms with van der Waals surface area (Å²) < 4.78 is 5.20. The Morgan fingerprint density at radius 1 is 1.53 bits per heavy atom. The van der Waals surface area contributed by atoms with Gasteiger partial charge in [-0.3, -0.25) is 0 Å². The summed E-state index contributed by atoms with van der Waals surface area (Å²) in [5.74, 6) is 1.75. The maximum atomic E-state index is 5.20. The van der Waals surface area contributed by atoms with Crippen molar-refractivity contribution in [1.82, 2.24) is 15.5 Å². The Bertz CT molecular complexity index is 369. The van der Waals surface area contributed by atoms with Gasteiger partial charge in [0.1, 0.15) is 0 Å². The Morgan fingerprint density at radius 2 is 2.33 bits per heavy atom. The number of nitrogens with one attached hydrogen (secondary N) is 1. The van der Waals surface area contributed by atoms with Crippen LogP contribution in [0.2, 0.25) is 0 Å². The second kappa shape index (κ2) is 4.02. The van der Waals surface area contributed by atoms with Crippen molar-refractivity contribution in [3.8, 4) is 0 Å². The molecule has 1 atom stereocenters. The van der Waals surface area contributed by atoms with E-state index in [0.717, 1.165) is 18.7 Å². The molecule has 0 amide bonds. The molecule has 1 N–H and O–H groups in total. The Balaban J connectivity index is 2.22. The number of rotatable bonds is 2. The highest BCUT2D eigenvalue weighted by Gasteiger charge is 2.16. The summed E-state index contributed by atoms with van der Waals surface area (Å²) in [4.78, 5) is 6.13. The van der Waals surface area contributed by atoms with Crippen LogP contribution >= 0.6 is 0 Å². The number of hydrogen-bond acceptors (Lipinski definition) is 5. The molecule has 1 aliphatic heterocycles. The van der Waals surface area contributed by atoms with E-state index in [2.05, 4.69) is 28.5 Å². The molecule has 0 aliphatic carbocycles. The van der Waals surface area contributed by atoms with Crippen molar-refractivity contribution in [2.75, 3.05) is 32.1 Å². The average molecular weight is 208 g/mol. The predicted molar refractivity (Wildman–Crippen MR) is 58.6 cm³/mol. The SMILES string of the molecule is CC1C=C(c2nc(N(C)C)no2)CNC1. The Hall–Kier alpha value is -1.36. The van der Waals surface area contributed by atoms with Crippen LogP contribution in [-0.4, -0.2) is 37.3 Å². The summed E-state index contributed by atoms with van der Waals surface area (Å²) in [6, 6.07) is 0. The minimum absolute atomic E-state index is 0.517. The van der Waals surface area contributed by atoms with E-state index < -0.39 is 0 Å². The first kappa shape index (κ1) is 10.2. The first-order chi connectivity index (χ1) is 7.16. The number of nitrogens with zero attached hydrogens (tertiary/aromatic N) is 3. The monoisotopic (exact) mass is 208 g/mol. The van der Waals surface area contributed by atoms with Gasteiger partial charge in [-0.25, -0.2) is 0 Å². The van der Waals surface area contributed by atoms with Crippen LogP contribution in [0.15, 0.2) is 10.6 Å². The van der Waals surface area contributed by atoms with Gasteiger partial charge >= 0.3 is 0 Å². The predicted octanol–water partition coefficient (Wildman–Crippen LogP) is 0.758. The molecule has 2 rings (SSSR count). The first-order valence-corrected chi connectivity index (χ1v) is 5.09. The fraction of sp³-hybridized carbons (Fsp3) is 0.600. The normalized spacial score (nSPS) is 21.3. The van der Waals surface area contributed by atoms with Gasteiger partial charge in [0, 0.05) is 32.8 Å². The highest BCUT2D eigenvalue weighted by atomic mass is 16.5. The zero-order valence-corrected chi connectivity index (χ0v) is 9.32. The topological polar surface area (TPSA) is 54.2 Å². The van der Waals surface area contributed by atoms with Crippen LogP contribution in [-0.2, 0) is 0 Å². The van der Waals surface area contributed by atoms with E-state index in [1.54, 1.807) is 0 Å². The molecule has 0 radical (unpaired) electrons. The molecule has 0 spiro atoms. The molecule has 1 aliphatic rings. The van der Waals surface area contributed by atoms with Crippen LogP contribution in [0.25, 0.3) is 5.57 Å². The van der Waals surface area contributed by atoms with Crippen molar-refractivity contribution in [2.45, 2.75) is 6.92 Å². The molecule has 5 nitrogen and oxygen atoms in total. The molecule has 15 heavy (non-hydrogen) atoms. The summed E-state index contributed by atoms with van der Waals surface area (Å²) in [7, 11) is 3.79. The van der Waals surface area contributed by atoms with Crippen molar-refractivity contribution in [3.63, 3.8) is 0 Å². The fourth-order valence-corrected chi connectivity index (χ4v) is 1.57. The second-order valence-electron chi connectivity index (χ2n) is 4.09. The zero-order chi connectivity index (χ0) is 10.8. The van der Waals surface area contributed by atoms with Crippen molar-refractivity contribution >= 4 is 11.5 Å². The molecule has 0 aromatic carbocycles. The van der Waals surface area contributed by atoms with Gasteiger partial charge in [0.05, 0.1) is 0 Å². The molecule has 0 saturated carbocycles. The van der Waals surface area contributed by atoms with Gasteiger partial charge in [0.15, 0.2) is 0 Å². The van der Waals surface area contributed by atoms with E-state index in [1.807, 2.05) is 19.0 Å². The van der Waals surface area contributed by atoms with Gasteiger partial charge < -0.3 is 14.7 Å². The molecule has 0 fully saturated rings. The highest BCUT2D eigenvalue weighted by molar-refractivity contribution is 5.61. The van der Waals surface area contributed by atoms with Crippen LogP contribution in [0, 0.1) is 5.92 Å². The average Bonchev–Trinajstić information content (AvgIpc) is 2.66. The van der Waals surface area contributed by atoms with E-state index in [-0.39, 0.29) is 0 Å². The fourth-order valence-electron chi connectivity index (χ4n) is 1.57. The summed E-state index contributed by atoms with van der Waals surface area (Å²) in [5, 5.41) is 7.20.